The van der Waals surface area contributed by atoms with E-state index in [1.54, 1.807) is 6.07 Å². The van der Waals surface area contributed by atoms with Gasteiger partial charge in [0, 0.05) is 10.0 Å². The van der Waals surface area contributed by atoms with Gasteiger partial charge in [0.25, 0.3) is 0 Å². The first-order valence-electron chi connectivity index (χ1n) is 8.87. The summed E-state index contributed by atoms with van der Waals surface area (Å²) in [5, 5.41) is 10.4. The minimum absolute atomic E-state index is 0.0470. The number of hydrogen-bond donors (Lipinski definition) is 2. The minimum Gasteiger partial charge on any atom is -0.507 e. The second-order valence-corrected chi connectivity index (χ2v) is 10.7. The highest BCUT2D eigenvalue weighted by atomic mass is 79.9. The van der Waals surface area contributed by atoms with E-state index in [1.165, 1.54) is 21.3 Å². The Labute approximate surface area is 184 Å². The van der Waals surface area contributed by atoms with Gasteiger partial charge in [0.1, 0.15) is 17.2 Å². The highest BCUT2D eigenvalue weighted by Gasteiger charge is 2.33. The maximum absolute atomic E-state index is 13.0. The van der Waals surface area contributed by atoms with Crippen LogP contribution in [0, 0.1) is 13.8 Å². The molecule has 2 aromatic rings. The molecule has 152 valence electrons. The Morgan fingerprint density at radius 3 is 2.18 bits per heavy atom. The lowest BCUT2D eigenvalue weighted by molar-refractivity contribution is -0.917. The summed E-state index contributed by atoms with van der Waals surface area (Å²) >= 11 is 15.6. The topological polar surface area (TPSA) is 62.1 Å². The standard InChI is InChI=1S/C19H21BrCl2N2O3S/c1-12-7-14(18(25)8-13(12)2)11-23-3-5-24(6-4-23)28(26,27)19-16(21)9-15(20)10-17(19)22/h7-10,25H,3-6,11H2,1-2H3/p+1. The van der Waals surface area contributed by atoms with Gasteiger partial charge < -0.3 is 10.0 Å². The van der Waals surface area contributed by atoms with Gasteiger partial charge in [0.15, 0.2) is 0 Å². The molecule has 0 aliphatic carbocycles. The number of piperazine rings is 1. The van der Waals surface area contributed by atoms with Crippen LogP contribution in [0.5, 0.6) is 5.75 Å². The number of rotatable bonds is 4. The molecule has 0 radical (unpaired) electrons. The van der Waals surface area contributed by atoms with Crippen molar-refractivity contribution in [2.75, 3.05) is 26.2 Å². The fourth-order valence-electron chi connectivity index (χ4n) is 3.40. The molecule has 3 rings (SSSR count). The number of aryl methyl sites for hydroxylation is 2. The monoisotopic (exact) mass is 507 g/mol. The van der Waals surface area contributed by atoms with Gasteiger partial charge in [0.05, 0.1) is 36.2 Å². The Hall–Kier alpha value is -0.830. The molecule has 2 N–H and O–H groups in total. The first-order valence-corrected chi connectivity index (χ1v) is 11.9. The Kier molecular flexibility index (Phi) is 6.64. The average molecular weight is 509 g/mol. The molecular formula is C19H22BrCl2N2O3S+. The average Bonchev–Trinajstić information content (AvgIpc) is 2.59. The lowest BCUT2D eigenvalue weighted by Gasteiger charge is -2.32. The highest BCUT2D eigenvalue weighted by Crippen LogP contribution is 2.34. The zero-order valence-electron chi connectivity index (χ0n) is 15.6. The molecule has 2 aromatic carbocycles. The van der Waals surface area contributed by atoms with Gasteiger partial charge in [0.2, 0.25) is 10.0 Å². The van der Waals surface area contributed by atoms with E-state index >= 15 is 0 Å². The zero-order valence-corrected chi connectivity index (χ0v) is 19.5. The Morgan fingerprint density at radius 1 is 1.07 bits per heavy atom. The summed E-state index contributed by atoms with van der Waals surface area (Å²) < 4.78 is 28.1. The molecule has 0 saturated carbocycles. The molecule has 0 spiro atoms. The van der Waals surface area contributed by atoms with Gasteiger partial charge in [-0.3, -0.25) is 0 Å². The van der Waals surface area contributed by atoms with Crippen molar-refractivity contribution in [2.45, 2.75) is 25.3 Å². The van der Waals surface area contributed by atoms with Crippen LogP contribution < -0.4 is 4.90 Å². The largest absolute Gasteiger partial charge is 0.507 e. The zero-order chi connectivity index (χ0) is 20.6. The molecule has 9 heteroatoms. The number of phenolic OH excluding ortho intramolecular Hbond substituents is 1. The van der Waals surface area contributed by atoms with E-state index in [9.17, 15) is 13.5 Å². The number of hydrogen-bond acceptors (Lipinski definition) is 3. The predicted molar refractivity (Wildman–Crippen MR) is 115 cm³/mol. The summed E-state index contributed by atoms with van der Waals surface area (Å²) in [4.78, 5) is 1.17. The van der Waals surface area contributed by atoms with Crippen LogP contribution in [-0.4, -0.2) is 44.0 Å². The number of phenols is 1. The quantitative estimate of drug-likeness (QED) is 0.666. The SMILES string of the molecule is Cc1cc(O)c(C[NH+]2CCN(S(=O)(=O)c3c(Cl)cc(Br)cc3Cl)CC2)cc1C. The van der Waals surface area contributed by atoms with E-state index in [0.717, 1.165) is 16.7 Å². The van der Waals surface area contributed by atoms with E-state index in [1.807, 2.05) is 19.9 Å². The smallest absolute Gasteiger partial charge is 0.246 e. The maximum atomic E-state index is 13.0. The van der Waals surface area contributed by atoms with Crippen molar-refractivity contribution in [2.24, 2.45) is 0 Å². The second-order valence-electron chi connectivity index (χ2n) is 7.09. The van der Waals surface area contributed by atoms with Gasteiger partial charge in [-0.15, -0.1) is 0 Å². The molecule has 1 saturated heterocycles. The van der Waals surface area contributed by atoms with Crippen molar-refractivity contribution in [1.82, 2.24) is 4.31 Å². The van der Waals surface area contributed by atoms with Crippen molar-refractivity contribution in [3.63, 3.8) is 0 Å². The molecule has 1 aliphatic heterocycles. The van der Waals surface area contributed by atoms with E-state index in [4.69, 9.17) is 23.2 Å². The van der Waals surface area contributed by atoms with Crippen molar-refractivity contribution >= 4 is 49.2 Å². The molecule has 0 atom stereocenters. The van der Waals surface area contributed by atoms with Gasteiger partial charge in [-0.25, -0.2) is 8.42 Å². The second kappa shape index (κ2) is 8.50. The summed E-state index contributed by atoms with van der Waals surface area (Å²) in [7, 11) is -3.77. The van der Waals surface area contributed by atoms with Crippen LogP contribution in [-0.2, 0) is 16.6 Å². The first kappa shape index (κ1) is 21.9. The van der Waals surface area contributed by atoms with E-state index < -0.39 is 10.0 Å². The van der Waals surface area contributed by atoms with Gasteiger partial charge in [-0.1, -0.05) is 39.1 Å². The predicted octanol–water partition coefficient (Wildman–Crippen LogP) is 3.17. The van der Waals surface area contributed by atoms with E-state index in [0.29, 0.717) is 42.9 Å². The van der Waals surface area contributed by atoms with E-state index in [-0.39, 0.29) is 14.9 Å². The maximum Gasteiger partial charge on any atom is 0.246 e. The summed E-state index contributed by atoms with van der Waals surface area (Å²) in [5.74, 6) is 0.291. The molecular weight excluding hydrogens is 487 g/mol. The van der Waals surface area contributed by atoms with Crippen molar-refractivity contribution in [1.29, 1.82) is 0 Å². The van der Waals surface area contributed by atoms with Crippen LogP contribution in [0.25, 0.3) is 0 Å². The summed E-state index contributed by atoms with van der Waals surface area (Å²) in [6.45, 7) is 6.64. The molecule has 1 heterocycles. The number of nitrogens with one attached hydrogen (secondary N) is 1. The van der Waals surface area contributed by atoms with Crippen LogP contribution in [0.4, 0.5) is 0 Å². The fourth-order valence-corrected chi connectivity index (χ4v) is 6.72. The summed E-state index contributed by atoms with van der Waals surface area (Å²) in [6, 6.07) is 6.85. The molecule has 0 aromatic heterocycles. The van der Waals surface area contributed by atoms with Crippen LogP contribution in [0.2, 0.25) is 10.0 Å². The molecule has 0 unspecified atom stereocenters. The third kappa shape index (κ3) is 4.50. The van der Waals surface area contributed by atoms with E-state index in [2.05, 4.69) is 15.9 Å². The molecule has 28 heavy (non-hydrogen) atoms. The van der Waals surface area contributed by atoms with Gasteiger partial charge in [-0.2, -0.15) is 4.31 Å². The van der Waals surface area contributed by atoms with Crippen molar-refractivity contribution in [3.8, 4) is 5.75 Å². The summed E-state index contributed by atoms with van der Waals surface area (Å²) in [5.41, 5.74) is 3.07. The first-order chi connectivity index (χ1) is 13.1. The van der Waals surface area contributed by atoms with Crippen LogP contribution in [0.3, 0.4) is 0 Å². The summed E-state index contributed by atoms with van der Waals surface area (Å²) in [6.07, 6.45) is 0. The van der Waals surface area contributed by atoms with Gasteiger partial charge >= 0.3 is 0 Å². The van der Waals surface area contributed by atoms with Crippen LogP contribution in [0.1, 0.15) is 16.7 Å². The van der Waals surface area contributed by atoms with Gasteiger partial charge in [-0.05, 0) is 49.2 Å². The Bertz CT molecular complexity index is 983. The Morgan fingerprint density at radius 2 is 1.61 bits per heavy atom. The number of aromatic hydroxyl groups is 1. The fraction of sp³-hybridized carbons (Fsp3) is 0.368. The lowest BCUT2D eigenvalue weighted by Crippen LogP contribution is -3.13. The van der Waals surface area contributed by atoms with Crippen molar-refractivity contribution < 1.29 is 18.4 Å². The third-order valence-electron chi connectivity index (χ3n) is 5.13. The molecule has 1 fully saturated rings. The minimum atomic E-state index is -3.77. The lowest BCUT2D eigenvalue weighted by atomic mass is 10.0. The third-order valence-corrected chi connectivity index (χ3v) is 8.40. The van der Waals surface area contributed by atoms with Crippen LogP contribution >= 0.6 is 39.1 Å². The normalized spacial score (nSPS) is 16.5. The highest BCUT2D eigenvalue weighted by molar-refractivity contribution is 9.10. The molecule has 0 bridgehead atoms. The number of halogens is 3. The Balaban J connectivity index is 1.73. The molecule has 0 amide bonds. The van der Waals surface area contributed by atoms with Crippen molar-refractivity contribution in [3.05, 3.63) is 55.5 Å². The number of benzene rings is 2. The number of sulfonamides is 1. The number of nitrogens with zero attached hydrogens (tertiary/aromatic N) is 1. The molecule has 5 nitrogen and oxygen atoms in total. The number of quaternary nitrogens is 1. The molecule has 1 aliphatic rings. The van der Waals surface area contributed by atoms with Crippen LogP contribution in [0.15, 0.2) is 33.6 Å².